The van der Waals surface area contributed by atoms with Gasteiger partial charge in [-0.15, -0.1) is 0 Å². The number of halogens is 1. The molecule has 0 spiro atoms. The molecule has 1 N–H and O–H groups in total. The van der Waals surface area contributed by atoms with Crippen LogP contribution in [0.25, 0.3) is 0 Å². The lowest BCUT2D eigenvalue weighted by molar-refractivity contribution is 0.0526. The normalized spacial score (nSPS) is 10.2. The van der Waals surface area contributed by atoms with Crippen LogP contribution in [-0.4, -0.2) is 26.3 Å². The van der Waals surface area contributed by atoms with Gasteiger partial charge in [0.25, 0.3) is 0 Å². The van der Waals surface area contributed by atoms with E-state index in [1.807, 2.05) is 31.2 Å². The average molecular weight is 364 g/mol. The molecular weight excluding hydrogens is 342 g/mol. The van der Waals surface area contributed by atoms with Gasteiger partial charge in [0.2, 0.25) is 0 Å². The zero-order chi connectivity index (χ0) is 18.2. The third-order valence-electron chi connectivity index (χ3n) is 3.47. The smallest absolute Gasteiger partial charge is 0.338 e. The van der Waals surface area contributed by atoms with Gasteiger partial charge < -0.3 is 19.5 Å². The SMILES string of the molecule is CCOC(=O)c1ccc(NCc2cc(Cl)c(OC)c(OCC)c2)cc1. The minimum atomic E-state index is -0.322. The summed E-state index contributed by atoms with van der Waals surface area (Å²) in [5, 5.41) is 3.79. The quantitative estimate of drug-likeness (QED) is 0.698. The fourth-order valence-electron chi connectivity index (χ4n) is 2.33. The number of hydrogen-bond donors (Lipinski definition) is 1. The number of ether oxygens (including phenoxy) is 3. The van der Waals surface area contributed by atoms with Gasteiger partial charge in [-0.25, -0.2) is 4.79 Å². The highest BCUT2D eigenvalue weighted by Gasteiger charge is 2.11. The Labute approximate surface area is 152 Å². The molecular formula is C19H22ClNO4. The first-order valence-corrected chi connectivity index (χ1v) is 8.47. The number of benzene rings is 2. The van der Waals surface area contributed by atoms with E-state index in [9.17, 15) is 4.79 Å². The highest BCUT2D eigenvalue weighted by atomic mass is 35.5. The van der Waals surface area contributed by atoms with Gasteiger partial charge in [-0.3, -0.25) is 0 Å². The van der Waals surface area contributed by atoms with Gasteiger partial charge in [0.1, 0.15) is 0 Å². The summed E-state index contributed by atoms with van der Waals surface area (Å²) in [6.45, 7) is 5.13. The Hall–Kier alpha value is -2.40. The molecule has 0 aliphatic carbocycles. The number of esters is 1. The standard InChI is InChI=1S/C19H22ClNO4/c1-4-24-17-11-13(10-16(20)18(17)23-3)12-21-15-8-6-14(7-9-15)19(22)25-5-2/h6-11,21H,4-5,12H2,1-3H3. The molecule has 0 amide bonds. The molecule has 0 atom stereocenters. The van der Waals surface area contributed by atoms with Crippen LogP contribution in [-0.2, 0) is 11.3 Å². The number of hydrogen-bond acceptors (Lipinski definition) is 5. The molecule has 5 nitrogen and oxygen atoms in total. The maximum atomic E-state index is 11.6. The lowest BCUT2D eigenvalue weighted by Crippen LogP contribution is -2.05. The van der Waals surface area contributed by atoms with Gasteiger partial charge >= 0.3 is 5.97 Å². The van der Waals surface area contributed by atoms with E-state index >= 15 is 0 Å². The van der Waals surface area contributed by atoms with Crippen molar-refractivity contribution in [3.05, 3.63) is 52.5 Å². The summed E-state index contributed by atoms with van der Waals surface area (Å²) in [6.07, 6.45) is 0. The van der Waals surface area contributed by atoms with Crippen LogP contribution in [0.2, 0.25) is 5.02 Å². The molecule has 2 aromatic rings. The maximum absolute atomic E-state index is 11.6. The molecule has 2 aromatic carbocycles. The third-order valence-corrected chi connectivity index (χ3v) is 3.75. The summed E-state index contributed by atoms with van der Waals surface area (Å²) in [5.74, 6) is 0.829. The van der Waals surface area contributed by atoms with Gasteiger partial charge in [0.15, 0.2) is 11.5 Å². The summed E-state index contributed by atoms with van der Waals surface area (Å²) < 4.78 is 15.8. The number of methoxy groups -OCH3 is 1. The van der Waals surface area contributed by atoms with Crippen LogP contribution in [0, 0.1) is 0 Å². The van der Waals surface area contributed by atoms with Crippen molar-refractivity contribution in [2.45, 2.75) is 20.4 Å². The maximum Gasteiger partial charge on any atom is 0.338 e. The Morgan fingerprint density at radius 2 is 1.84 bits per heavy atom. The summed E-state index contributed by atoms with van der Waals surface area (Å²) in [5.41, 5.74) is 2.38. The van der Waals surface area contributed by atoms with Crippen molar-refractivity contribution in [2.75, 3.05) is 25.6 Å². The second-order valence-electron chi connectivity index (χ2n) is 5.19. The van der Waals surface area contributed by atoms with E-state index in [0.717, 1.165) is 11.3 Å². The molecule has 134 valence electrons. The number of carbonyl (C=O) groups excluding carboxylic acids is 1. The van der Waals surface area contributed by atoms with Gasteiger partial charge in [0, 0.05) is 12.2 Å². The van der Waals surface area contributed by atoms with Gasteiger partial charge in [0.05, 0.1) is 30.9 Å². The molecule has 0 aliphatic heterocycles. The van der Waals surface area contributed by atoms with Crippen molar-refractivity contribution in [2.24, 2.45) is 0 Å². The van der Waals surface area contributed by atoms with Crippen LogP contribution < -0.4 is 14.8 Å². The Kier molecular flexibility index (Phi) is 6.95. The molecule has 0 aromatic heterocycles. The van der Waals surface area contributed by atoms with Crippen molar-refractivity contribution in [3.63, 3.8) is 0 Å². The molecule has 0 fully saturated rings. The fraction of sp³-hybridized carbons (Fsp3) is 0.316. The van der Waals surface area contributed by atoms with Crippen molar-refractivity contribution in [3.8, 4) is 11.5 Å². The summed E-state index contributed by atoms with van der Waals surface area (Å²) in [6, 6.07) is 10.9. The molecule has 0 saturated carbocycles. The Balaban J connectivity index is 2.07. The molecule has 2 rings (SSSR count). The molecule has 0 bridgehead atoms. The van der Waals surface area contributed by atoms with E-state index in [1.54, 1.807) is 26.2 Å². The highest BCUT2D eigenvalue weighted by Crippen LogP contribution is 2.36. The molecule has 25 heavy (non-hydrogen) atoms. The van der Waals surface area contributed by atoms with Crippen molar-refractivity contribution < 1.29 is 19.0 Å². The molecule has 0 radical (unpaired) electrons. The van der Waals surface area contributed by atoms with E-state index in [-0.39, 0.29) is 5.97 Å². The molecule has 0 heterocycles. The minimum Gasteiger partial charge on any atom is -0.491 e. The lowest BCUT2D eigenvalue weighted by atomic mass is 10.1. The van der Waals surface area contributed by atoms with Crippen LogP contribution in [0.3, 0.4) is 0 Å². The molecule has 0 saturated heterocycles. The topological polar surface area (TPSA) is 56.8 Å². The monoisotopic (exact) mass is 363 g/mol. The first kappa shape index (κ1) is 18.9. The Morgan fingerprint density at radius 1 is 1.12 bits per heavy atom. The molecule has 0 aliphatic rings. The summed E-state index contributed by atoms with van der Waals surface area (Å²) >= 11 is 6.25. The second kappa shape index (κ2) is 9.18. The van der Waals surface area contributed by atoms with Crippen LogP contribution in [0.4, 0.5) is 5.69 Å². The molecule has 6 heteroatoms. The average Bonchev–Trinajstić information content (AvgIpc) is 2.61. The predicted octanol–water partition coefficient (Wildman–Crippen LogP) is 4.54. The number of rotatable bonds is 8. The van der Waals surface area contributed by atoms with Gasteiger partial charge in [-0.2, -0.15) is 0 Å². The number of carbonyl (C=O) groups is 1. The Bertz CT molecular complexity index is 716. The van der Waals surface area contributed by atoms with Crippen molar-refractivity contribution >= 4 is 23.3 Å². The fourth-order valence-corrected chi connectivity index (χ4v) is 2.64. The lowest BCUT2D eigenvalue weighted by Gasteiger charge is -2.14. The van der Waals surface area contributed by atoms with E-state index < -0.39 is 0 Å². The zero-order valence-electron chi connectivity index (χ0n) is 14.6. The van der Waals surface area contributed by atoms with E-state index in [2.05, 4.69) is 5.32 Å². The highest BCUT2D eigenvalue weighted by molar-refractivity contribution is 6.32. The van der Waals surface area contributed by atoms with Crippen LogP contribution in [0.15, 0.2) is 36.4 Å². The largest absolute Gasteiger partial charge is 0.491 e. The second-order valence-corrected chi connectivity index (χ2v) is 5.60. The van der Waals surface area contributed by atoms with E-state index in [0.29, 0.717) is 41.8 Å². The van der Waals surface area contributed by atoms with E-state index in [4.69, 9.17) is 25.8 Å². The Morgan fingerprint density at radius 3 is 2.44 bits per heavy atom. The van der Waals surface area contributed by atoms with Crippen LogP contribution in [0.5, 0.6) is 11.5 Å². The van der Waals surface area contributed by atoms with Crippen molar-refractivity contribution in [1.82, 2.24) is 0 Å². The third kappa shape index (κ3) is 5.03. The summed E-state index contributed by atoms with van der Waals surface area (Å²) in [7, 11) is 1.56. The van der Waals surface area contributed by atoms with Gasteiger partial charge in [-0.05, 0) is 55.8 Å². The first-order chi connectivity index (χ1) is 12.1. The summed E-state index contributed by atoms with van der Waals surface area (Å²) in [4.78, 5) is 11.6. The van der Waals surface area contributed by atoms with Crippen LogP contribution >= 0.6 is 11.6 Å². The number of nitrogens with one attached hydrogen (secondary N) is 1. The number of anilines is 1. The zero-order valence-corrected chi connectivity index (χ0v) is 15.4. The van der Waals surface area contributed by atoms with Gasteiger partial charge in [-0.1, -0.05) is 11.6 Å². The molecule has 0 unspecified atom stereocenters. The first-order valence-electron chi connectivity index (χ1n) is 8.09. The van der Waals surface area contributed by atoms with E-state index in [1.165, 1.54) is 0 Å². The van der Waals surface area contributed by atoms with Crippen molar-refractivity contribution in [1.29, 1.82) is 0 Å². The minimum absolute atomic E-state index is 0.322. The van der Waals surface area contributed by atoms with Crippen LogP contribution in [0.1, 0.15) is 29.8 Å². The predicted molar refractivity (Wildman–Crippen MR) is 98.9 cm³/mol.